The predicted octanol–water partition coefficient (Wildman–Crippen LogP) is 3.68. The summed E-state index contributed by atoms with van der Waals surface area (Å²) >= 11 is 6.30. The SMILES string of the molecule is COCCNC(=O)c1ccc(NC(=O)c2cccnc2SC(F)F)cc1Cl. The van der Waals surface area contributed by atoms with Crippen LogP contribution in [-0.4, -0.2) is 42.8 Å². The Morgan fingerprint density at radius 2 is 2.04 bits per heavy atom. The summed E-state index contributed by atoms with van der Waals surface area (Å²) in [6.45, 7) is 0.692. The second-order valence-corrected chi connectivity index (χ2v) is 6.52. The fourth-order valence-electron chi connectivity index (χ4n) is 2.08. The highest BCUT2D eigenvalue weighted by atomic mass is 35.5. The van der Waals surface area contributed by atoms with Crippen LogP contribution in [0.2, 0.25) is 5.02 Å². The zero-order valence-electron chi connectivity index (χ0n) is 14.2. The first kappa shape index (κ1) is 21.1. The first-order valence-corrected chi connectivity index (χ1v) is 8.96. The molecule has 2 amide bonds. The Morgan fingerprint density at radius 1 is 1.26 bits per heavy atom. The molecule has 0 bridgehead atoms. The van der Waals surface area contributed by atoms with E-state index in [1.165, 1.54) is 43.6 Å². The zero-order chi connectivity index (χ0) is 19.8. The number of thioether (sulfide) groups is 1. The number of anilines is 1. The number of halogens is 3. The van der Waals surface area contributed by atoms with E-state index in [4.69, 9.17) is 16.3 Å². The lowest BCUT2D eigenvalue weighted by atomic mass is 10.2. The fraction of sp³-hybridized carbons (Fsp3) is 0.235. The Hall–Kier alpha value is -2.23. The van der Waals surface area contributed by atoms with Gasteiger partial charge >= 0.3 is 0 Å². The highest BCUT2D eigenvalue weighted by molar-refractivity contribution is 7.99. The average molecular weight is 416 g/mol. The molecule has 1 heterocycles. The molecule has 0 radical (unpaired) electrons. The van der Waals surface area contributed by atoms with Crippen LogP contribution in [0, 0.1) is 0 Å². The Bertz CT molecular complexity index is 824. The first-order valence-electron chi connectivity index (χ1n) is 7.70. The van der Waals surface area contributed by atoms with E-state index in [1.807, 2.05) is 0 Å². The van der Waals surface area contributed by atoms with E-state index in [1.54, 1.807) is 0 Å². The van der Waals surface area contributed by atoms with Crippen LogP contribution in [0.15, 0.2) is 41.6 Å². The number of carbonyl (C=O) groups excluding carboxylic acids is 2. The van der Waals surface area contributed by atoms with E-state index in [2.05, 4.69) is 15.6 Å². The number of rotatable bonds is 8. The third-order valence-electron chi connectivity index (χ3n) is 3.28. The summed E-state index contributed by atoms with van der Waals surface area (Å²) in [5.41, 5.74) is 0.566. The topological polar surface area (TPSA) is 80.3 Å². The Labute approximate surface area is 163 Å². The molecule has 2 N–H and O–H groups in total. The molecule has 1 aromatic carbocycles. The van der Waals surface area contributed by atoms with Crippen molar-refractivity contribution < 1.29 is 23.1 Å². The number of hydrogen-bond acceptors (Lipinski definition) is 5. The van der Waals surface area contributed by atoms with E-state index in [9.17, 15) is 18.4 Å². The molecule has 0 aliphatic carbocycles. The first-order chi connectivity index (χ1) is 12.9. The van der Waals surface area contributed by atoms with Crippen LogP contribution in [0.1, 0.15) is 20.7 Å². The lowest BCUT2D eigenvalue weighted by Gasteiger charge is -2.11. The van der Waals surface area contributed by atoms with Crippen molar-refractivity contribution in [1.29, 1.82) is 0 Å². The maximum atomic E-state index is 12.6. The lowest BCUT2D eigenvalue weighted by molar-refractivity contribution is 0.0936. The largest absolute Gasteiger partial charge is 0.383 e. The van der Waals surface area contributed by atoms with Gasteiger partial charge in [-0.1, -0.05) is 11.6 Å². The fourth-order valence-corrected chi connectivity index (χ4v) is 2.92. The molecule has 1 aromatic heterocycles. The van der Waals surface area contributed by atoms with Crippen molar-refractivity contribution in [2.45, 2.75) is 10.8 Å². The van der Waals surface area contributed by atoms with Gasteiger partial charge in [0.2, 0.25) is 0 Å². The average Bonchev–Trinajstić information content (AvgIpc) is 2.61. The monoisotopic (exact) mass is 415 g/mol. The van der Waals surface area contributed by atoms with Crippen LogP contribution in [-0.2, 0) is 4.74 Å². The molecule has 2 rings (SSSR count). The molecule has 2 aromatic rings. The normalized spacial score (nSPS) is 10.7. The molecule has 0 atom stereocenters. The van der Waals surface area contributed by atoms with Gasteiger partial charge in [-0.2, -0.15) is 8.78 Å². The molecule has 27 heavy (non-hydrogen) atoms. The van der Waals surface area contributed by atoms with Crippen molar-refractivity contribution in [3.05, 3.63) is 52.7 Å². The van der Waals surface area contributed by atoms with E-state index in [-0.39, 0.29) is 38.8 Å². The summed E-state index contributed by atoms with van der Waals surface area (Å²) in [6.07, 6.45) is 1.33. The number of alkyl halides is 2. The Morgan fingerprint density at radius 3 is 2.70 bits per heavy atom. The number of pyridine rings is 1. The van der Waals surface area contributed by atoms with Crippen LogP contribution in [0.4, 0.5) is 14.5 Å². The number of methoxy groups -OCH3 is 1. The van der Waals surface area contributed by atoms with Crippen LogP contribution in [0.3, 0.4) is 0 Å². The number of hydrogen-bond donors (Lipinski definition) is 2. The molecule has 0 aliphatic rings. The summed E-state index contributed by atoms with van der Waals surface area (Å²) in [5, 5.41) is 5.25. The van der Waals surface area contributed by atoms with Crippen molar-refractivity contribution in [1.82, 2.24) is 10.3 Å². The Balaban J connectivity index is 2.11. The van der Waals surface area contributed by atoms with Gasteiger partial charge in [0.1, 0.15) is 5.03 Å². The minimum Gasteiger partial charge on any atom is -0.383 e. The summed E-state index contributed by atoms with van der Waals surface area (Å²) < 4.78 is 30.1. The summed E-state index contributed by atoms with van der Waals surface area (Å²) in [7, 11) is 1.52. The number of nitrogens with zero attached hydrogens (tertiary/aromatic N) is 1. The molecule has 0 saturated heterocycles. The highest BCUT2D eigenvalue weighted by Crippen LogP contribution is 2.27. The van der Waals surface area contributed by atoms with Crippen molar-refractivity contribution in [2.75, 3.05) is 25.6 Å². The van der Waals surface area contributed by atoms with Gasteiger partial charge in [-0.05, 0) is 42.1 Å². The third-order valence-corrected chi connectivity index (χ3v) is 4.32. The van der Waals surface area contributed by atoms with Crippen molar-refractivity contribution >= 4 is 40.9 Å². The van der Waals surface area contributed by atoms with E-state index >= 15 is 0 Å². The molecule has 0 aliphatic heterocycles. The Kier molecular flexibility index (Phi) is 7.96. The van der Waals surface area contributed by atoms with Gasteiger partial charge in [0, 0.05) is 25.5 Å². The summed E-state index contributed by atoms with van der Waals surface area (Å²) in [4.78, 5) is 28.2. The van der Waals surface area contributed by atoms with Crippen molar-refractivity contribution in [2.24, 2.45) is 0 Å². The quantitative estimate of drug-likeness (QED) is 0.508. The maximum absolute atomic E-state index is 12.6. The smallest absolute Gasteiger partial charge is 0.290 e. The zero-order valence-corrected chi connectivity index (χ0v) is 15.7. The second kappa shape index (κ2) is 10.2. The molecule has 0 unspecified atom stereocenters. The van der Waals surface area contributed by atoms with Crippen LogP contribution in [0.5, 0.6) is 0 Å². The standard InChI is InChI=1S/C17H16ClF2N3O3S/c1-26-8-7-21-14(24)11-5-4-10(9-13(11)18)23-15(25)12-3-2-6-22-16(12)27-17(19)20/h2-6,9,17H,7-8H2,1H3,(H,21,24)(H,23,25). The van der Waals surface area contributed by atoms with Gasteiger partial charge in [-0.15, -0.1) is 0 Å². The maximum Gasteiger partial charge on any atom is 0.290 e. The van der Waals surface area contributed by atoms with Crippen LogP contribution >= 0.6 is 23.4 Å². The molecular formula is C17H16ClF2N3O3S. The number of nitrogens with one attached hydrogen (secondary N) is 2. The van der Waals surface area contributed by atoms with Gasteiger partial charge in [-0.3, -0.25) is 9.59 Å². The van der Waals surface area contributed by atoms with Gasteiger partial charge in [0.25, 0.3) is 17.6 Å². The minimum absolute atomic E-state index is 0.0142. The third kappa shape index (κ3) is 6.16. The van der Waals surface area contributed by atoms with Gasteiger partial charge in [0.05, 0.1) is 22.8 Å². The molecule has 0 spiro atoms. The minimum atomic E-state index is -2.70. The molecule has 0 saturated carbocycles. The molecule has 0 fully saturated rings. The van der Waals surface area contributed by atoms with E-state index in [0.717, 1.165) is 0 Å². The van der Waals surface area contributed by atoms with Crippen LogP contribution in [0.25, 0.3) is 0 Å². The van der Waals surface area contributed by atoms with Crippen molar-refractivity contribution in [3.8, 4) is 0 Å². The molecular weight excluding hydrogens is 400 g/mol. The van der Waals surface area contributed by atoms with Gasteiger partial charge < -0.3 is 15.4 Å². The molecule has 10 heteroatoms. The number of ether oxygens (including phenoxy) is 1. The second-order valence-electron chi connectivity index (χ2n) is 5.13. The summed E-state index contributed by atoms with van der Waals surface area (Å²) in [6, 6.07) is 7.22. The lowest BCUT2D eigenvalue weighted by Crippen LogP contribution is -2.27. The van der Waals surface area contributed by atoms with Crippen LogP contribution < -0.4 is 10.6 Å². The highest BCUT2D eigenvalue weighted by Gasteiger charge is 2.17. The molecule has 144 valence electrons. The number of aromatic nitrogens is 1. The number of carbonyl (C=O) groups is 2. The summed E-state index contributed by atoms with van der Waals surface area (Å²) in [5.74, 6) is -3.69. The van der Waals surface area contributed by atoms with E-state index < -0.39 is 11.7 Å². The predicted molar refractivity (Wildman–Crippen MR) is 99.7 cm³/mol. The van der Waals surface area contributed by atoms with Gasteiger partial charge in [0.15, 0.2) is 0 Å². The van der Waals surface area contributed by atoms with Crippen molar-refractivity contribution in [3.63, 3.8) is 0 Å². The number of benzene rings is 1. The number of amides is 2. The van der Waals surface area contributed by atoms with E-state index in [0.29, 0.717) is 18.8 Å². The van der Waals surface area contributed by atoms with Gasteiger partial charge in [-0.25, -0.2) is 4.98 Å². The molecule has 6 nitrogen and oxygen atoms in total.